The van der Waals surface area contributed by atoms with Gasteiger partial charge in [0.1, 0.15) is 0 Å². The molecule has 2 unspecified atom stereocenters. The second-order valence-corrected chi connectivity index (χ2v) is 9.93. The van der Waals surface area contributed by atoms with Crippen LogP contribution in [-0.2, 0) is 10.2 Å². The number of hydrogen-bond acceptors (Lipinski definition) is 1. The first-order valence-corrected chi connectivity index (χ1v) is 10.5. The number of benzene rings is 1. The maximum atomic E-state index is 13.7. The molecule has 4 aliphatic carbocycles. The molecule has 0 radical (unpaired) electrons. The number of carbonyl (C=O) groups is 1. The Morgan fingerprint density at radius 2 is 1.65 bits per heavy atom. The van der Waals surface area contributed by atoms with Gasteiger partial charge < -0.3 is 4.90 Å². The van der Waals surface area contributed by atoms with Gasteiger partial charge in [-0.25, -0.2) is 0 Å². The minimum atomic E-state index is -0.0758. The lowest BCUT2D eigenvalue weighted by Crippen LogP contribution is -2.60. The molecule has 138 valence electrons. The molecule has 2 nitrogen and oxygen atoms in total. The fourth-order valence-electron chi connectivity index (χ4n) is 7.12. The first-order chi connectivity index (χ1) is 12.5. The van der Waals surface area contributed by atoms with Gasteiger partial charge in [0.05, 0.1) is 5.41 Å². The monoisotopic (exact) mass is 349 g/mol. The van der Waals surface area contributed by atoms with Gasteiger partial charge in [-0.05, 0) is 81.1 Å². The zero-order valence-electron chi connectivity index (χ0n) is 16.1. The molecule has 1 aromatic carbocycles. The molecule has 6 rings (SSSR count). The van der Waals surface area contributed by atoms with Crippen molar-refractivity contribution in [2.24, 2.45) is 17.3 Å². The second kappa shape index (κ2) is 5.71. The van der Waals surface area contributed by atoms with Gasteiger partial charge in [0.2, 0.25) is 5.91 Å². The Morgan fingerprint density at radius 3 is 2.27 bits per heavy atom. The summed E-state index contributed by atoms with van der Waals surface area (Å²) in [4.78, 5) is 15.9. The first kappa shape index (κ1) is 16.6. The van der Waals surface area contributed by atoms with Crippen molar-refractivity contribution in [3.8, 4) is 0 Å². The predicted octanol–water partition coefficient (Wildman–Crippen LogP) is 5.01. The smallest absolute Gasteiger partial charge is 0.228 e. The van der Waals surface area contributed by atoms with E-state index in [-0.39, 0.29) is 10.8 Å². The summed E-state index contributed by atoms with van der Waals surface area (Å²) in [6.07, 6.45) is 9.35. The van der Waals surface area contributed by atoms with E-state index < -0.39 is 0 Å². The lowest BCUT2D eigenvalue weighted by molar-refractivity contribution is -0.160. The number of piperidine rings is 1. The van der Waals surface area contributed by atoms with Crippen LogP contribution in [0.2, 0.25) is 0 Å². The summed E-state index contributed by atoms with van der Waals surface area (Å²) in [5, 5.41) is 0. The van der Waals surface area contributed by atoms with Crippen LogP contribution in [0.3, 0.4) is 0 Å². The summed E-state index contributed by atoms with van der Waals surface area (Å²) in [6.45, 7) is 8.08. The maximum absolute atomic E-state index is 13.7. The van der Waals surface area contributed by atoms with Crippen molar-refractivity contribution in [1.29, 1.82) is 0 Å². The SMILES string of the molecule is C=C1CCN(C(=O)C23CC4CC(C2)CC(c2ccc(C)cc2)(C4)C3)CC1. The van der Waals surface area contributed by atoms with Crippen LogP contribution in [-0.4, -0.2) is 23.9 Å². The molecule has 0 spiro atoms. The average Bonchev–Trinajstić information content (AvgIpc) is 2.61. The van der Waals surface area contributed by atoms with Gasteiger partial charge in [-0.1, -0.05) is 42.0 Å². The third-order valence-electron chi connectivity index (χ3n) is 7.94. The molecular weight excluding hydrogens is 318 g/mol. The molecule has 5 aliphatic rings. The number of carbonyl (C=O) groups excluding carboxylic acids is 1. The molecule has 1 saturated heterocycles. The van der Waals surface area contributed by atoms with Crippen LogP contribution in [0, 0.1) is 24.2 Å². The van der Waals surface area contributed by atoms with Crippen LogP contribution in [0.5, 0.6) is 0 Å². The Kier molecular flexibility index (Phi) is 3.64. The lowest BCUT2D eigenvalue weighted by atomic mass is 9.42. The van der Waals surface area contributed by atoms with E-state index in [2.05, 4.69) is 42.7 Å². The Hall–Kier alpha value is -1.57. The molecule has 26 heavy (non-hydrogen) atoms. The summed E-state index contributed by atoms with van der Waals surface area (Å²) in [5.41, 5.74) is 4.33. The van der Waals surface area contributed by atoms with Crippen molar-refractivity contribution in [2.75, 3.05) is 13.1 Å². The standard InChI is InChI=1S/C24H31NO/c1-17-3-5-21(6-4-17)23-12-19-11-20(13-23)15-24(14-19,16-23)22(26)25-9-7-18(2)8-10-25/h3-6,19-20H,2,7-16H2,1H3. The van der Waals surface area contributed by atoms with Crippen LogP contribution in [0.15, 0.2) is 36.4 Å². The van der Waals surface area contributed by atoms with E-state index in [1.54, 1.807) is 0 Å². The number of nitrogens with zero attached hydrogens (tertiary/aromatic N) is 1. The molecule has 4 saturated carbocycles. The highest BCUT2D eigenvalue weighted by Gasteiger charge is 2.61. The molecule has 4 bridgehead atoms. The van der Waals surface area contributed by atoms with E-state index in [4.69, 9.17) is 0 Å². The predicted molar refractivity (Wildman–Crippen MR) is 105 cm³/mol. The number of aryl methyl sites for hydroxylation is 1. The van der Waals surface area contributed by atoms with Gasteiger partial charge in [0.25, 0.3) is 0 Å². The zero-order valence-corrected chi connectivity index (χ0v) is 16.1. The molecule has 2 heteroatoms. The zero-order chi connectivity index (χ0) is 17.9. The lowest BCUT2D eigenvalue weighted by Gasteiger charge is -2.62. The van der Waals surface area contributed by atoms with E-state index in [1.165, 1.54) is 36.0 Å². The van der Waals surface area contributed by atoms with Gasteiger partial charge in [0.15, 0.2) is 0 Å². The van der Waals surface area contributed by atoms with Crippen LogP contribution in [0.25, 0.3) is 0 Å². The summed E-state index contributed by atoms with van der Waals surface area (Å²) >= 11 is 0. The Labute approximate surface area is 157 Å². The van der Waals surface area contributed by atoms with E-state index in [0.717, 1.165) is 57.0 Å². The van der Waals surface area contributed by atoms with Crippen molar-refractivity contribution in [2.45, 2.75) is 63.7 Å². The van der Waals surface area contributed by atoms with Gasteiger partial charge in [-0.2, -0.15) is 0 Å². The number of rotatable bonds is 2. The van der Waals surface area contributed by atoms with Crippen LogP contribution in [0.1, 0.15) is 62.5 Å². The van der Waals surface area contributed by atoms with Gasteiger partial charge >= 0.3 is 0 Å². The molecular formula is C24H31NO. The Balaban J connectivity index is 1.47. The largest absolute Gasteiger partial charge is 0.342 e. The minimum Gasteiger partial charge on any atom is -0.342 e. The molecule has 1 heterocycles. The van der Waals surface area contributed by atoms with Crippen LogP contribution < -0.4 is 0 Å². The Bertz CT molecular complexity index is 722. The van der Waals surface area contributed by atoms with Crippen molar-refractivity contribution in [3.63, 3.8) is 0 Å². The quantitative estimate of drug-likeness (QED) is 0.687. The third kappa shape index (κ3) is 2.48. The van der Waals surface area contributed by atoms with Gasteiger partial charge in [-0.3, -0.25) is 4.79 Å². The van der Waals surface area contributed by atoms with Crippen molar-refractivity contribution < 1.29 is 4.79 Å². The van der Waals surface area contributed by atoms with Crippen molar-refractivity contribution in [3.05, 3.63) is 47.5 Å². The van der Waals surface area contributed by atoms with Crippen LogP contribution in [0.4, 0.5) is 0 Å². The number of amides is 1. The van der Waals surface area contributed by atoms with E-state index in [1.807, 2.05) is 0 Å². The Morgan fingerprint density at radius 1 is 1.04 bits per heavy atom. The van der Waals surface area contributed by atoms with Crippen molar-refractivity contribution >= 4 is 5.91 Å². The highest BCUT2D eigenvalue weighted by atomic mass is 16.2. The molecule has 2 atom stereocenters. The van der Waals surface area contributed by atoms with Gasteiger partial charge in [-0.15, -0.1) is 0 Å². The van der Waals surface area contributed by atoms with Gasteiger partial charge in [0, 0.05) is 13.1 Å². The van der Waals surface area contributed by atoms with Crippen molar-refractivity contribution in [1.82, 2.24) is 4.90 Å². The average molecular weight is 350 g/mol. The molecule has 1 amide bonds. The van der Waals surface area contributed by atoms with Crippen LogP contribution >= 0.6 is 0 Å². The molecule has 1 aliphatic heterocycles. The topological polar surface area (TPSA) is 20.3 Å². The highest BCUT2D eigenvalue weighted by Crippen LogP contribution is 2.66. The molecule has 0 aromatic heterocycles. The third-order valence-corrected chi connectivity index (χ3v) is 7.94. The minimum absolute atomic E-state index is 0.0758. The summed E-state index contributed by atoms with van der Waals surface area (Å²) in [6, 6.07) is 9.23. The second-order valence-electron chi connectivity index (χ2n) is 9.93. The normalized spacial score (nSPS) is 38.7. The fourth-order valence-corrected chi connectivity index (χ4v) is 7.12. The van der Waals surface area contributed by atoms with E-state index in [9.17, 15) is 4.79 Å². The van der Waals surface area contributed by atoms with E-state index in [0.29, 0.717) is 5.91 Å². The summed E-state index contributed by atoms with van der Waals surface area (Å²) < 4.78 is 0. The summed E-state index contributed by atoms with van der Waals surface area (Å²) in [5.74, 6) is 1.98. The fraction of sp³-hybridized carbons (Fsp3) is 0.625. The molecule has 5 fully saturated rings. The first-order valence-electron chi connectivity index (χ1n) is 10.5. The number of likely N-dealkylation sites (tertiary alicyclic amines) is 1. The molecule has 1 aromatic rings. The van der Waals surface area contributed by atoms with E-state index >= 15 is 0 Å². The highest BCUT2D eigenvalue weighted by molar-refractivity contribution is 5.84. The molecule has 0 N–H and O–H groups in total. The maximum Gasteiger partial charge on any atom is 0.228 e. The summed E-state index contributed by atoms with van der Waals surface area (Å²) in [7, 11) is 0. The number of hydrogen-bond donors (Lipinski definition) is 0.